The van der Waals surface area contributed by atoms with Crippen LogP contribution in [0.1, 0.15) is 26.7 Å². The van der Waals surface area contributed by atoms with Crippen LogP contribution in [0.25, 0.3) is 0 Å². The van der Waals surface area contributed by atoms with E-state index in [2.05, 4.69) is 13.2 Å². The highest BCUT2D eigenvalue weighted by molar-refractivity contribution is 5.10. The average molecular weight is 294 g/mol. The molecule has 118 valence electrons. The number of allylic oxidation sites excluding steroid dienone is 1. The van der Waals surface area contributed by atoms with Gasteiger partial charge in [0.1, 0.15) is 0 Å². The van der Waals surface area contributed by atoms with Crippen molar-refractivity contribution in [1.29, 1.82) is 0 Å². The van der Waals surface area contributed by atoms with Crippen LogP contribution in [0.4, 0.5) is 0 Å². The Hall–Kier alpha value is -0.940. The zero-order chi connectivity index (χ0) is 15.6. The second kappa shape index (κ2) is 6.44. The number of rotatable bonds is 5. The molecule has 6 atom stereocenters. The molecule has 21 heavy (non-hydrogen) atoms. The third kappa shape index (κ3) is 3.46. The SMILES string of the molecule is C=CC[C@@H](O)[C@H]1CC=C[C@@H]([C@H](O)C=C)[C@@H]2OC(C)(C)O[C@H]12. The van der Waals surface area contributed by atoms with Crippen molar-refractivity contribution in [2.24, 2.45) is 11.8 Å². The van der Waals surface area contributed by atoms with Crippen LogP contribution in [-0.4, -0.2) is 40.4 Å². The summed E-state index contributed by atoms with van der Waals surface area (Å²) in [7, 11) is 0. The highest BCUT2D eigenvalue weighted by Gasteiger charge is 2.50. The molecule has 1 aliphatic carbocycles. The topological polar surface area (TPSA) is 58.9 Å². The van der Waals surface area contributed by atoms with E-state index in [1.807, 2.05) is 26.0 Å². The predicted octanol–water partition coefficient (Wildman–Crippen LogP) is 2.18. The Balaban J connectivity index is 2.28. The summed E-state index contributed by atoms with van der Waals surface area (Å²) in [6, 6.07) is 0. The fourth-order valence-electron chi connectivity index (χ4n) is 3.27. The minimum absolute atomic E-state index is 0.0759. The number of aliphatic hydroxyl groups is 2. The number of aliphatic hydroxyl groups excluding tert-OH is 2. The van der Waals surface area contributed by atoms with Gasteiger partial charge in [0.05, 0.1) is 24.4 Å². The molecule has 2 N–H and O–H groups in total. The van der Waals surface area contributed by atoms with Crippen LogP contribution in [0.5, 0.6) is 0 Å². The Labute approximate surface area is 126 Å². The largest absolute Gasteiger partial charge is 0.392 e. The standard InChI is InChI=1S/C17H26O4/c1-5-8-14(19)12-10-7-9-11(13(18)6-2)15-16(12)21-17(3,4)20-15/h5-7,9,11-16,18-19H,1-2,8,10H2,3-4H3/t11-,12+,13+,14+,15-,16+/m0/s1. The molecule has 0 bridgehead atoms. The minimum atomic E-state index is -0.716. The normalized spacial score (nSPS) is 37.3. The van der Waals surface area contributed by atoms with E-state index < -0.39 is 18.0 Å². The maximum absolute atomic E-state index is 10.4. The summed E-state index contributed by atoms with van der Waals surface area (Å²) in [5.41, 5.74) is 0. The summed E-state index contributed by atoms with van der Waals surface area (Å²) in [5, 5.41) is 20.5. The smallest absolute Gasteiger partial charge is 0.163 e. The molecule has 2 aliphatic rings. The molecule has 0 saturated carbocycles. The first-order valence-electron chi connectivity index (χ1n) is 7.51. The zero-order valence-electron chi connectivity index (χ0n) is 12.8. The highest BCUT2D eigenvalue weighted by Crippen LogP contribution is 2.41. The molecule has 0 radical (unpaired) electrons. The van der Waals surface area contributed by atoms with Crippen LogP contribution in [0.2, 0.25) is 0 Å². The van der Waals surface area contributed by atoms with E-state index in [0.29, 0.717) is 12.8 Å². The van der Waals surface area contributed by atoms with Gasteiger partial charge in [-0.3, -0.25) is 0 Å². The summed E-state index contributed by atoms with van der Waals surface area (Å²) in [6.45, 7) is 11.1. The van der Waals surface area contributed by atoms with Gasteiger partial charge >= 0.3 is 0 Å². The van der Waals surface area contributed by atoms with Gasteiger partial charge in [0.15, 0.2) is 5.79 Å². The first-order valence-corrected chi connectivity index (χ1v) is 7.51. The van der Waals surface area contributed by atoms with Crippen molar-refractivity contribution in [2.75, 3.05) is 0 Å². The number of ether oxygens (including phenoxy) is 2. The highest BCUT2D eigenvalue weighted by atomic mass is 16.8. The molecule has 0 amide bonds. The lowest BCUT2D eigenvalue weighted by molar-refractivity contribution is -0.157. The van der Waals surface area contributed by atoms with Crippen molar-refractivity contribution in [3.8, 4) is 0 Å². The van der Waals surface area contributed by atoms with Crippen molar-refractivity contribution in [3.63, 3.8) is 0 Å². The van der Waals surface area contributed by atoms with Crippen LogP contribution in [0, 0.1) is 11.8 Å². The van der Waals surface area contributed by atoms with Gasteiger partial charge in [0, 0.05) is 11.8 Å². The number of fused-ring (bicyclic) bond motifs is 1. The average Bonchev–Trinajstić information content (AvgIpc) is 2.63. The molecule has 1 aliphatic heterocycles. The van der Waals surface area contributed by atoms with Gasteiger partial charge in [-0.15, -0.1) is 13.2 Å². The van der Waals surface area contributed by atoms with Crippen LogP contribution in [0.15, 0.2) is 37.5 Å². The first-order chi connectivity index (χ1) is 9.89. The minimum Gasteiger partial charge on any atom is -0.392 e. The third-order valence-corrected chi connectivity index (χ3v) is 4.27. The lowest BCUT2D eigenvalue weighted by atomic mass is 9.85. The van der Waals surface area contributed by atoms with Gasteiger partial charge in [0.2, 0.25) is 0 Å². The van der Waals surface area contributed by atoms with Crippen LogP contribution in [-0.2, 0) is 9.47 Å². The number of hydrogen-bond acceptors (Lipinski definition) is 4. The summed E-state index contributed by atoms with van der Waals surface area (Å²) >= 11 is 0. The van der Waals surface area contributed by atoms with Gasteiger partial charge in [-0.25, -0.2) is 0 Å². The van der Waals surface area contributed by atoms with Gasteiger partial charge in [-0.1, -0.05) is 24.3 Å². The molecule has 0 aromatic rings. The Morgan fingerprint density at radius 2 is 1.95 bits per heavy atom. The van der Waals surface area contributed by atoms with Crippen LogP contribution in [0.3, 0.4) is 0 Å². The Morgan fingerprint density at radius 3 is 2.57 bits per heavy atom. The third-order valence-electron chi connectivity index (χ3n) is 4.27. The molecule has 1 fully saturated rings. The molecular formula is C17H26O4. The van der Waals surface area contributed by atoms with E-state index in [1.54, 1.807) is 6.08 Å². The summed E-state index contributed by atoms with van der Waals surface area (Å²) in [4.78, 5) is 0. The maximum atomic E-state index is 10.4. The molecule has 0 spiro atoms. The van der Waals surface area contributed by atoms with Crippen molar-refractivity contribution in [3.05, 3.63) is 37.5 Å². The fourth-order valence-corrected chi connectivity index (χ4v) is 3.27. The quantitative estimate of drug-likeness (QED) is 0.763. The molecule has 0 unspecified atom stereocenters. The van der Waals surface area contributed by atoms with Gasteiger partial charge < -0.3 is 19.7 Å². The zero-order valence-corrected chi connectivity index (χ0v) is 12.8. The Morgan fingerprint density at radius 1 is 1.29 bits per heavy atom. The van der Waals surface area contributed by atoms with E-state index >= 15 is 0 Å². The summed E-state index contributed by atoms with van der Waals surface area (Å²) < 4.78 is 12.0. The van der Waals surface area contributed by atoms with Crippen molar-refractivity contribution < 1.29 is 19.7 Å². The molecule has 0 aromatic heterocycles. The number of hydrogen-bond donors (Lipinski definition) is 2. The van der Waals surface area contributed by atoms with Crippen LogP contribution < -0.4 is 0 Å². The van der Waals surface area contributed by atoms with E-state index in [9.17, 15) is 10.2 Å². The van der Waals surface area contributed by atoms with Crippen molar-refractivity contribution >= 4 is 0 Å². The monoisotopic (exact) mass is 294 g/mol. The molecule has 1 saturated heterocycles. The molecule has 4 heteroatoms. The summed E-state index contributed by atoms with van der Waals surface area (Å²) in [5.74, 6) is -1.01. The molecule has 4 nitrogen and oxygen atoms in total. The van der Waals surface area contributed by atoms with E-state index in [4.69, 9.17) is 9.47 Å². The van der Waals surface area contributed by atoms with Gasteiger partial charge in [0.25, 0.3) is 0 Å². The predicted molar refractivity (Wildman–Crippen MR) is 81.6 cm³/mol. The van der Waals surface area contributed by atoms with Crippen molar-refractivity contribution in [2.45, 2.75) is 56.9 Å². The molecule has 0 aromatic carbocycles. The van der Waals surface area contributed by atoms with Gasteiger partial charge in [-0.05, 0) is 26.7 Å². The first kappa shape index (κ1) is 16.4. The van der Waals surface area contributed by atoms with Crippen LogP contribution >= 0.6 is 0 Å². The second-order valence-electron chi connectivity index (χ2n) is 6.29. The van der Waals surface area contributed by atoms with E-state index in [1.165, 1.54) is 6.08 Å². The maximum Gasteiger partial charge on any atom is 0.163 e. The Kier molecular flexibility index (Phi) is 5.04. The molecular weight excluding hydrogens is 268 g/mol. The van der Waals surface area contributed by atoms with Crippen molar-refractivity contribution in [1.82, 2.24) is 0 Å². The Bertz CT molecular complexity index is 415. The second-order valence-corrected chi connectivity index (χ2v) is 6.29. The van der Waals surface area contributed by atoms with Gasteiger partial charge in [-0.2, -0.15) is 0 Å². The van der Waals surface area contributed by atoms with E-state index in [0.717, 1.165) is 0 Å². The van der Waals surface area contributed by atoms with E-state index in [-0.39, 0.29) is 24.0 Å². The molecule has 2 rings (SSSR count). The lowest BCUT2D eigenvalue weighted by Gasteiger charge is -2.30. The molecule has 1 heterocycles. The fraction of sp³-hybridized carbons (Fsp3) is 0.647. The lowest BCUT2D eigenvalue weighted by Crippen LogP contribution is -2.42. The summed E-state index contributed by atoms with van der Waals surface area (Å²) in [6.07, 6.45) is 6.60.